The van der Waals surface area contributed by atoms with Gasteiger partial charge in [-0.15, -0.1) is 0 Å². The highest BCUT2D eigenvalue weighted by atomic mass is 32.2. The zero-order chi connectivity index (χ0) is 16.8. The van der Waals surface area contributed by atoms with Crippen LogP contribution in [0.3, 0.4) is 0 Å². The monoisotopic (exact) mass is 348 g/mol. The van der Waals surface area contributed by atoms with E-state index in [9.17, 15) is 9.90 Å². The minimum atomic E-state index is -0.148. The molecule has 1 aromatic carbocycles. The van der Waals surface area contributed by atoms with Gasteiger partial charge in [-0.3, -0.25) is 9.69 Å². The predicted molar refractivity (Wildman–Crippen MR) is 100 cm³/mol. The van der Waals surface area contributed by atoms with E-state index < -0.39 is 0 Å². The maximum Gasteiger partial charge on any atom is 0.224 e. The van der Waals surface area contributed by atoms with Crippen LogP contribution >= 0.6 is 11.8 Å². The molecule has 0 radical (unpaired) electrons. The molecule has 4 nitrogen and oxygen atoms in total. The standard InChI is InChI=1S/C19H28N2O2S/c22-17-5-9-21(10-6-17)14-16-3-1-2-4-18(16)20-19(23)13-15-7-11-24-12-8-15/h1-4,15,17,22H,5-14H2,(H,20,23). The van der Waals surface area contributed by atoms with Crippen LogP contribution in [0, 0.1) is 5.92 Å². The van der Waals surface area contributed by atoms with E-state index in [-0.39, 0.29) is 12.0 Å². The summed E-state index contributed by atoms with van der Waals surface area (Å²) in [6.07, 6.45) is 4.50. The van der Waals surface area contributed by atoms with Gasteiger partial charge < -0.3 is 10.4 Å². The molecular weight excluding hydrogens is 320 g/mol. The van der Waals surface area contributed by atoms with Gasteiger partial charge >= 0.3 is 0 Å². The number of rotatable bonds is 5. The molecule has 2 fully saturated rings. The van der Waals surface area contributed by atoms with Crippen molar-refractivity contribution in [3.63, 3.8) is 0 Å². The van der Waals surface area contributed by atoms with E-state index in [0.29, 0.717) is 12.3 Å². The highest BCUT2D eigenvalue weighted by Crippen LogP contribution is 2.26. The van der Waals surface area contributed by atoms with Crippen molar-refractivity contribution in [2.24, 2.45) is 5.92 Å². The van der Waals surface area contributed by atoms with Gasteiger partial charge in [-0.1, -0.05) is 18.2 Å². The van der Waals surface area contributed by atoms with E-state index in [1.165, 1.54) is 17.1 Å². The van der Waals surface area contributed by atoms with Crippen LogP contribution in [-0.2, 0) is 11.3 Å². The largest absolute Gasteiger partial charge is 0.393 e. The van der Waals surface area contributed by atoms with Gasteiger partial charge in [0.15, 0.2) is 0 Å². The Morgan fingerprint density at radius 2 is 1.88 bits per heavy atom. The second-order valence-corrected chi connectivity index (χ2v) is 8.20. The molecule has 2 N–H and O–H groups in total. The number of benzene rings is 1. The average molecular weight is 349 g/mol. The molecule has 0 spiro atoms. The smallest absolute Gasteiger partial charge is 0.224 e. The summed E-state index contributed by atoms with van der Waals surface area (Å²) in [4.78, 5) is 14.8. The lowest BCUT2D eigenvalue weighted by Gasteiger charge is -2.30. The minimum Gasteiger partial charge on any atom is -0.393 e. The van der Waals surface area contributed by atoms with Gasteiger partial charge in [0.05, 0.1) is 6.10 Å². The molecule has 0 bridgehead atoms. The van der Waals surface area contributed by atoms with Gasteiger partial charge in [-0.2, -0.15) is 11.8 Å². The van der Waals surface area contributed by atoms with E-state index in [2.05, 4.69) is 16.3 Å². The maximum absolute atomic E-state index is 12.4. The van der Waals surface area contributed by atoms with Crippen LogP contribution < -0.4 is 5.32 Å². The highest BCUT2D eigenvalue weighted by Gasteiger charge is 2.20. The number of hydrogen-bond acceptors (Lipinski definition) is 4. The number of hydrogen-bond donors (Lipinski definition) is 2. The van der Waals surface area contributed by atoms with E-state index in [1.807, 2.05) is 30.0 Å². The Bertz CT molecular complexity index is 538. The number of piperidine rings is 1. The van der Waals surface area contributed by atoms with Crippen molar-refractivity contribution < 1.29 is 9.90 Å². The third-order valence-corrected chi connectivity index (χ3v) is 6.11. The summed E-state index contributed by atoms with van der Waals surface area (Å²) in [7, 11) is 0. The molecule has 0 unspecified atom stereocenters. The summed E-state index contributed by atoms with van der Waals surface area (Å²) >= 11 is 2.00. The Morgan fingerprint density at radius 1 is 1.17 bits per heavy atom. The summed E-state index contributed by atoms with van der Waals surface area (Å²) < 4.78 is 0. The Kier molecular flexibility index (Phi) is 6.58. The summed E-state index contributed by atoms with van der Waals surface area (Å²) in [5, 5.41) is 12.8. The number of thioether (sulfide) groups is 1. The summed E-state index contributed by atoms with van der Waals surface area (Å²) in [5.41, 5.74) is 2.11. The number of aliphatic hydroxyl groups excluding tert-OH is 1. The molecule has 5 heteroatoms. The van der Waals surface area contributed by atoms with Gasteiger partial charge in [0.2, 0.25) is 5.91 Å². The third-order valence-electron chi connectivity index (χ3n) is 5.06. The van der Waals surface area contributed by atoms with Gasteiger partial charge in [0, 0.05) is 31.7 Å². The Balaban J connectivity index is 1.56. The van der Waals surface area contributed by atoms with Crippen molar-refractivity contribution in [3.8, 4) is 0 Å². The fourth-order valence-electron chi connectivity index (χ4n) is 3.51. The molecular formula is C19H28N2O2S. The van der Waals surface area contributed by atoms with Crippen LogP contribution in [0.25, 0.3) is 0 Å². The number of nitrogens with one attached hydrogen (secondary N) is 1. The number of amides is 1. The molecule has 2 heterocycles. The van der Waals surface area contributed by atoms with Crippen molar-refractivity contribution >= 4 is 23.4 Å². The molecule has 24 heavy (non-hydrogen) atoms. The lowest BCUT2D eigenvalue weighted by Crippen LogP contribution is -2.35. The molecule has 2 aliphatic heterocycles. The van der Waals surface area contributed by atoms with Gasteiger partial charge in [-0.25, -0.2) is 0 Å². The van der Waals surface area contributed by atoms with Crippen molar-refractivity contribution in [2.45, 2.75) is 44.8 Å². The molecule has 1 aromatic rings. The summed E-state index contributed by atoms with van der Waals surface area (Å²) in [6, 6.07) is 8.11. The normalized spacial score (nSPS) is 20.9. The molecule has 0 aliphatic carbocycles. The zero-order valence-electron chi connectivity index (χ0n) is 14.2. The summed E-state index contributed by atoms with van der Waals surface area (Å²) in [6.45, 7) is 2.68. The number of aliphatic hydroxyl groups is 1. The van der Waals surface area contributed by atoms with Crippen molar-refractivity contribution in [2.75, 3.05) is 29.9 Å². The number of para-hydroxylation sites is 1. The predicted octanol–water partition coefficient (Wildman–Crippen LogP) is 3.12. The first-order chi connectivity index (χ1) is 11.7. The number of carbonyl (C=O) groups is 1. The van der Waals surface area contributed by atoms with E-state index in [4.69, 9.17) is 0 Å². The fraction of sp³-hybridized carbons (Fsp3) is 0.632. The lowest BCUT2D eigenvalue weighted by molar-refractivity contribution is -0.117. The quantitative estimate of drug-likeness (QED) is 0.858. The fourth-order valence-corrected chi connectivity index (χ4v) is 4.72. The second kappa shape index (κ2) is 8.88. The summed E-state index contributed by atoms with van der Waals surface area (Å²) in [5.74, 6) is 3.07. The molecule has 0 aromatic heterocycles. The van der Waals surface area contributed by atoms with Gasteiger partial charge in [0.25, 0.3) is 0 Å². The van der Waals surface area contributed by atoms with Crippen LogP contribution in [0.1, 0.15) is 37.7 Å². The minimum absolute atomic E-state index is 0.147. The zero-order valence-corrected chi connectivity index (χ0v) is 15.1. The first-order valence-electron chi connectivity index (χ1n) is 9.06. The molecule has 1 amide bonds. The third kappa shape index (κ3) is 5.23. The molecule has 2 saturated heterocycles. The van der Waals surface area contributed by atoms with Gasteiger partial charge in [-0.05, 0) is 54.7 Å². The lowest BCUT2D eigenvalue weighted by atomic mass is 9.98. The average Bonchev–Trinajstić information content (AvgIpc) is 2.59. The number of carbonyl (C=O) groups excluding carboxylic acids is 1. The highest BCUT2D eigenvalue weighted by molar-refractivity contribution is 7.99. The van der Waals surface area contributed by atoms with Crippen molar-refractivity contribution in [3.05, 3.63) is 29.8 Å². The maximum atomic E-state index is 12.4. The van der Waals surface area contributed by atoms with Crippen molar-refractivity contribution in [1.82, 2.24) is 4.90 Å². The molecule has 0 saturated carbocycles. The SMILES string of the molecule is O=C(CC1CCSCC1)Nc1ccccc1CN1CCC(O)CC1. The molecule has 2 aliphatic rings. The number of anilines is 1. The molecule has 132 valence electrons. The Morgan fingerprint density at radius 3 is 2.62 bits per heavy atom. The number of likely N-dealkylation sites (tertiary alicyclic amines) is 1. The van der Waals surface area contributed by atoms with E-state index >= 15 is 0 Å². The Labute approximate surface area is 149 Å². The van der Waals surface area contributed by atoms with Crippen LogP contribution in [0.5, 0.6) is 0 Å². The van der Waals surface area contributed by atoms with Crippen LogP contribution in [0.2, 0.25) is 0 Å². The number of nitrogens with zero attached hydrogens (tertiary/aromatic N) is 1. The van der Waals surface area contributed by atoms with Crippen LogP contribution in [-0.4, -0.2) is 46.6 Å². The van der Waals surface area contributed by atoms with E-state index in [1.54, 1.807) is 0 Å². The Hall–Kier alpha value is -1.04. The topological polar surface area (TPSA) is 52.6 Å². The van der Waals surface area contributed by atoms with E-state index in [0.717, 1.165) is 51.0 Å². The van der Waals surface area contributed by atoms with Gasteiger partial charge in [0.1, 0.15) is 0 Å². The van der Waals surface area contributed by atoms with Crippen LogP contribution in [0.4, 0.5) is 5.69 Å². The first-order valence-corrected chi connectivity index (χ1v) is 10.2. The molecule has 3 rings (SSSR count). The van der Waals surface area contributed by atoms with Crippen LogP contribution in [0.15, 0.2) is 24.3 Å². The van der Waals surface area contributed by atoms with Crippen molar-refractivity contribution in [1.29, 1.82) is 0 Å². The first kappa shape index (κ1) is 17.8. The second-order valence-electron chi connectivity index (χ2n) is 6.97. The molecule has 0 atom stereocenters.